The van der Waals surface area contributed by atoms with Crippen LogP contribution in [0.3, 0.4) is 0 Å². The molecule has 1 rings (SSSR count). The van der Waals surface area contributed by atoms with Crippen molar-refractivity contribution in [2.45, 2.75) is 20.3 Å². The van der Waals surface area contributed by atoms with Gasteiger partial charge in [0, 0.05) is 22.8 Å². The number of rotatable bonds is 4. The number of carbonyl (C=O) groups is 1. The van der Waals surface area contributed by atoms with Crippen LogP contribution in [0.25, 0.3) is 5.57 Å². The van der Waals surface area contributed by atoms with Crippen LogP contribution in [0.15, 0.2) is 28.2 Å². The van der Waals surface area contributed by atoms with Crippen molar-refractivity contribution < 1.29 is 9.53 Å². The highest BCUT2D eigenvalue weighted by Gasteiger charge is 2.18. The highest BCUT2D eigenvalue weighted by molar-refractivity contribution is 9.10. The van der Waals surface area contributed by atoms with E-state index in [2.05, 4.69) is 21.2 Å². The number of nitrogens with one attached hydrogen (secondary N) is 1. The van der Waals surface area contributed by atoms with Crippen molar-refractivity contribution >= 4 is 33.2 Å². The zero-order valence-electron chi connectivity index (χ0n) is 11.1. The fraction of sp³-hybridized carbons (Fsp3) is 0.357. The Bertz CT molecular complexity index is 481. The van der Waals surface area contributed by atoms with E-state index in [-0.39, 0.29) is 5.97 Å². The molecule has 0 radical (unpaired) electrons. The standard InChI is InChI=1S/C14H18BrNO2/c1-5-9(2)13(14(17)18-4)11-8-10(15)6-7-12(11)16-3/h6-8,16H,5H2,1-4H3. The van der Waals surface area contributed by atoms with Crippen molar-refractivity contribution in [2.24, 2.45) is 0 Å². The summed E-state index contributed by atoms with van der Waals surface area (Å²) in [5.41, 5.74) is 3.41. The first-order valence-corrected chi connectivity index (χ1v) is 6.60. The van der Waals surface area contributed by atoms with Crippen LogP contribution in [0.5, 0.6) is 0 Å². The lowest BCUT2D eigenvalue weighted by Gasteiger charge is -2.14. The number of methoxy groups -OCH3 is 1. The van der Waals surface area contributed by atoms with Gasteiger partial charge >= 0.3 is 5.97 Å². The van der Waals surface area contributed by atoms with Crippen LogP contribution >= 0.6 is 15.9 Å². The lowest BCUT2D eigenvalue weighted by atomic mass is 9.97. The van der Waals surface area contributed by atoms with Gasteiger partial charge in [0.2, 0.25) is 0 Å². The summed E-state index contributed by atoms with van der Waals surface area (Å²) in [4.78, 5) is 12.0. The molecule has 0 bridgehead atoms. The number of hydrogen-bond donors (Lipinski definition) is 1. The minimum atomic E-state index is -0.302. The molecule has 0 fully saturated rings. The first-order chi connectivity index (χ1) is 8.54. The Morgan fingerprint density at radius 2 is 2.11 bits per heavy atom. The Morgan fingerprint density at radius 1 is 1.44 bits per heavy atom. The van der Waals surface area contributed by atoms with E-state index < -0.39 is 0 Å². The lowest BCUT2D eigenvalue weighted by molar-refractivity contribution is -0.133. The van der Waals surface area contributed by atoms with Crippen LogP contribution < -0.4 is 5.32 Å². The average molecular weight is 312 g/mol. The van der Waals surface area contributed by atoms with Crippen molar-refractivity contribution in [3.05, 3.63) is 33.8 Å². The molecular weight excluding hydrogens is 294 g/mol. The number of anilines is 1. The Labute approximate surface area is 116 Å². The zero-order chi connectivity index (χ0) is 13.7. The molecule has 0 aliphatic rings. The molecule has 0 heterocycles. The van der Waals surface area contributed by atoms with E-state index in [4.69, 9.17) is 4.74 Å². The lowest BCUT2D eigenvalue weighted by Crippen LogP contribution is -2.08. The molecule has 18 heavy (non-hydrogen) atoms. The van der Waals surface area contributed by atoms with Gasteiger partial charge in [-0.1, -0.05) is 28.4 Å². The molecule has 0 spiro atoms. The van der Waals surface area contributed by atoms with E-state index in [1.54, 1.807) is 0 Å². The van der Waals surface area contributed by atoms with Gasteiger partial charge in [-0.2, -0.15) is 0 Å². The predicted molar refractivity (Wildman–Crippen MR) is 78.6 cm³/mol. The quantitative estimate of drug-likeness (QED) is 0.678. The predicted octanol–water partition coefficient (Wildman–Crippen LogP) is 3.85. The molecule has 1 aromatic carbocycles. The molecule has 0 atom stereocenters. The van der Waals surface area contributed by atoms with Crippen LogP contribution in [0.1, 0.15) is 25.8 Å². The van der Waals surface area contributed by atoms with Gasteiger partial charge in [-0.05, 0) is 31.5 Å². The van der Waals surface area contributed by atoms with Gasteiger partial charge in [-0.15, -0.1) is 0 Å². The normalized spacial score (nSPS) is 11.8. The number of esters is 1. The second-order valence-corrected chi connectivity index (χ2v) is 4.86. The summed E-state index contributed by atoms with van der Waals surface area (Å²) < 4.78 is 5.82. The van der Waals surface area contributed by atoms with E-state index in [9.17, 15) is 4.79 Å². The van der Waals surface area contributed by atoms with E-state index in [1.807, 2.05) is 39.1 Å². The smallest absolute Gasteiger partial charge is 0.338 e. The highest BCUT2D eigenvalue weighted by Crippen LogP contribution is 2.31. The van der Waals surface area contributed by atoms with Gasteiger partial charge in [-0.3, -0.25) is 0 Å². The Morgan fingerprint density at radius 3 is 2.61 bits per heavy atom. The largest absolute Gasteiger partial charge is 0.465 e. The maximum Gasteiger partial charge on any atom is 0.338 e. The van der Waals surface area contributed by atoms with E-state index >= 15 is 0 Å². The molecule has 0 saturated heterocycles. The number of halogens is 1. The molecule has 98 valence electrons. The third-order valence-corrected chi connectivity index (χ3v) is 3.36. The molecular formula is C14H18BrNO2. The fourth-order valence-electron chi connectivity index (χ4n) is 1.73. The average Bonchev–Trinajstić information content (AvgIpc) is 2.38. The number of hydrogen-bond acceptors (Lipinski definition) is 3. The molecule has 0 aromatic heterocycles. The first kappa shape index (κ1) is 14.8. The minimum absolute atomic E-state index is 0.302. The molecule has 0 unspecified atom stereocenters. The maximum atomic E-state index is 12.0. The second kappa shape index (κ2) is 6.59. The van der Waals surface area contributed by atoms with Crippen LogP contribution in [-0.2, 0) is 9.53 Å². The third kappa shape index (κ3) is 3.13. The summed E-state index contributed by atoms with van der Waals surface area (Å²) in [5.74, 6) is -0.302. The van der Waals surface area contributed by atoms with Crippen LogP contribution in [0.4, 0.5) is 5.69 Å². The zero-order valence-corrected chi connectivity index (χ0v) is 12.7. The molecule has 0 amide bonds. The van der Waals surface area contributed by atoms with Gasteiger partial charge in [0.15, 0.2) is 0 Å². The fourth-order valence-corrected chi connectivity index (χ4v) is 2.10. The summed E-state index contributed by atoms with van der Waals surface area (Å²) >= 11 is 3.43. The van der Waals surface area contributed by atoms with Gasteiger partial charge < -0.3 is 10.1 Å². The number of benzene rings is 1. The van der Waals surface area contributed by atoms with Gasteiger partial charge in [0.25, 0.3) is 0 Å². The first-order valence-electron chi connectivity index (χ1n) is 5.80. The molecule has 0 aliphatic heterocycles. The van der Waals surface area contributed by atoms with Crippen LogP contribution in [0, 0.1) is 0 Å². The molecule has 1 N–H and O–H groups in total. The Balaban J connectivity index is 3.47. The summed E-state index contributed by atoms with van der Waals surface area (Å²) in [6, 6.07) is 5.80. The van der Waals surface area contributed by atoms with Crippen molar-refractivity contribution in [3.8, 4) is 0 Å². The van der Waals surface area contributed by atoms with Crippen molar-refractivity contribution in [1.82, 2.24) is 0 Å². The summed E-state index contributed by atoms with van der Waals surface area (Å²) in [5, 5.41) is 3.10. The highest BCUT2D eigenvalue weighted by atomic mass is 79.9. The molecule has 0 aliphatic carbocycles. The summed E-state index contributed by atoms with van der Waals surface area (Å²) in [6.07, 6.45) is 0.806. The third-order valence-electron chi connectivity index (χ3n) is 2.87. The van der Waals surface area contributed by atoms with Crippen molar-refractivity contribution in [2.75, 3.05) is 19.5 Å². The maximum absolute atomic E-state index is 12.0. The van der Waals surface area contributed by atoms with E-state index in [0.717, 1.165) is 27.7 Å². The Kier molecular flexibility index (Phi) is 5.41. The second-order valence-electron chi connectivity index (χ2n) is 3.94. The SMILES string of the molecule is CCC(C)=C(C(=O)OC)c1cc(Br)ccc1NC. The molecule has 1 aromatic rings. The van der Waals surface area contributed by atoms with E-state index in [0.29, 0.717) is 5.57 Å². The van der Waals surface area contributed by atoms with Crippen molar-refractivity contribution in [1.29, 1.82) is 0 Å². The van der Waals surface area contributed by atoms with Gasteiger partial charge in [-0.25, -0.2) is 4.79 Å². The number of carbonyl (C=O) groups excluding carboxylic acids is 1. The number of ether oxygens (including phenoxy) is 1. The molecule has 3 nitrogen and oxygen atoms in total. The monoisotopic (exact) mass is 311 g/mol. The molecule has 4 heteroatoms. The van der Waals surface area contributed by atoms with E-state index in [1.165, 1.54) is 7.11 Å². The summed E-state index contributed by atoms with van der Waals surface area (Å²) in [6.45, 7) is 3.97. The van der Waals surface area contributed by atoms with Gasteiger partial charge in [0.05, 0.1) is 12.7 Å². The molecule has 0 saturated carbocycles. The Hall–Kier alpha value is -1.29. The minimum Gasteiger partial charge on any atom is -0.465 e. The topological polar surface area (TPSA) is 38.3 Å². The summed E-state index contributed by atoms with van der Waals surface area (Å²) in [7, 11) is 3.24. The van der Waals surface area contributed by atoms with Gasteiger partial charge in [0.1, 0.15) is 0 Å². The van der Waals surface area contributed by atoms with Crippen LogP contribution in [-0.4, -0.2) is 20.1 Å². The van der Waals surface area contributed by atoms with Crippen molar-refractivity contribution in [3.63, 3.8) is 0 Å². The number of allylic oxidation sites excluding steroid dienone is 1. The van der Waals surface area contributed by atoms with Crippen LogP contribution in [0.2, 0.25) is 0 Å².